The minimum absolute atomic E-state index is 0.0914. The molecule has 0 aliphatic carbocycles. The number of rotatable bonds is 45. The van der Waals surface area contributed by atoms with Crippen LogP contribution in [0.25, 0.3) is 0 Å². The highest BCUT2D eigenvalue weighted by molar-refractivity contribution is 5.75. The Labute approximate surface area is 384 Å². The van der Waals surface area contributed by atoms with Crippen molar-refractivity contribution >= 4 is 18.0 Å². The summed E-state index contributed by atoms with van der Waals surface area (Å²) in [7, 11) is 0. The van der Waals surface area contributed by atoms with Crippen LogP contribution in [0, 0.1) is 11.8 Å². The molecule has 368 valence electrons. The summed E-state index contributed by atoms with van der Waals surface area (Å²) >= 11 is 0. The lowest BCUT2D eigenvalue weighted by atomic mass is 9.90. The van der Waals surface area contributed by atoms with Gasteiger partial charge in [-0.1, -0.05) is 182 Å². The topological polar surface area (TPSA) is 103 Å². The van der Waals surface area contributed by atoms with Crippen molar-refractivity contribution < 1.29 is 33.3 Å². The fraction of sp³-hybridized carbons (Fsp3) is 0.943. The maximum Gasteiger partial charge on any atom is 0.407 e. The van der Waals surface area contributed by atoms with Crippen molar-refractivity contribution in [2.75, 3.05) is 46.1 Å². The smallest absolute Gasteiger partial charge is 0.407 e. The van der Waals surface area contributed by atoms with Gasteiger partial charge in [0.25, 0.3) is 0 Å². The number of hydrogen-bond donors (Lipinski definition) is 1. The normalized spacial score (nSPS) is 12.4. The van der Waals surface area contributed by atoms with Crippen molar-refractivity contribution in [3.63, 3.8) is 0 Å². The van der Waals surface area contributed by atoms with Gasteiger partial charge in [0, 0.05) is 19.5 Å². The third kappa shape index (κ3) is 38.6. The van der Waals surface area contributed by atoms with Crippen LogP contribution >= 0.6 is 0 Å². The van der Waals surface area contributed by atoms with Crippen molar-refractivity contribution in [3.05, 3.63) is 0 Å². The molecule has 9 heteroatoms. The van der Waals surface area contributed by atoms with Gasteiger partial charge >= 0.3 is 18.0 Å². The number of alkyl carbamates (subject to hydrolysis) is 1. The number of amides is 1. The summed E-state index contributed by atoms with van der Waals surface area (Å²) in [6.07, 6.45) is 35.5. The summed E-state index contributed by atoms with van der Waals surface area (Å²) in [5.41, 5.74) is -0.553. The molecule has 0 rings (SSSR count). The first kappa shape index (κ1) is 60.1. The molecule has 0 heterocycles. The van der Waals surface area contributed by atoms with E-state index in [1.54, 1.807) is 0 Å². The maximum atomic E-state index is 13.8. The van der Waals surface area contributed by atoms with Crippen LogP contribution in [-0.2, 0) is 28.5 Å². The van der Waals surface area contributed by atoms with Crippen molar-refractivity contribution in [1.82, 2.24) is 10.2 Å². The van der Waals surface area contributed by atoms with Gasteiger partial charge in [-0.3, -0.25) is 14.5 Å². The zero-order valence-electron chi connectivity index (χ0n) is 42.4. The monoisotopic (exact) mass is 881 g/mol. The number of nitrogens with zero attached hydrogens (tertiary/aromatic N) is 1. The van der Waals surface area contributed by atoms with Gasteiger partial charge in [0.1, 0.15) is 11.6 Å². The second-order valence-corrected chi connectivity index (χ2v) is 19.3. The molecule has 0 radical (unpaired) electrons. The van der Waals surface area contributed by atoms with Crippen molar-refractivity contribution in [2.24, 2.45) is 11.8 Å². The van der Waals surface area contributed by atoms with E-state index in [9.17, 15) is 14.4 Å². The molecule has 0 saturated heterocycles. The molecule has 0 aliphatic heterocycles. The van der Waals surface area contributed by atoms with E-state index in [2.05, 4.69) is 44.8 Å². The molecule has 9 nitrogen and oxygen atoms in total. The van der Waals surface area contributed by atoms with Gasteiger partial charge in [-0.2, -0.15) is 0 Å². The Balaban J connectivity index is 5.21. The molecule has 0 aliphatic rings. The fourth-order valence-electron chi connectivity index (χ4n) is 8.43. The van der Waals surface area contributed by atoms with Crippen molar-refractivity contribution in [3.8, 4) is 0 Å². The second-order valence-electron chi connectivity index (χ2n) is 19.3. The first-order valence-corrected chi connectivity index (χ1v) is 26.6. The predicted octanol–water partition coefficient (Wildman–Crippen LogP) is 14.7. The summed E-state index contributed by atoms with van der Waals surface area (Å²) in [6.45, 7) is 20.2. The van der Waals surface area contributed by atoms with Crippen LogP contribution in [0.5, 0.6) is 0 Å². The number of nitrogens with one attached hydrogen (secondary N) is 1. The summed E-state index contributed by atoms with van der Waals surface area (Å²) in [4.78, 5) is 40.8. The van der Waals surface area contributed by atoms with Crippen LogP contribution in [0.2, 0.25) is 0 Å². The van der Waals surface area contributed by atoms with E-state index in [1.807, 2.05) is 20.8 Å². The Hall–Kier alpha value is -1.87. The third-order valence-corrected chi connectivity index (χ3v) is 12.2. The summed E-state index contributed by atoms with van der Waals surface area (Å²) in [5.74, 6) is 1.26. The van der Waals surface area contributed by atoms with Crippen molar-refractivity contribution in [1.29, 1.82) is 0 Å². The Kier molecular flexibility index (Phi) is 41.7. The second kappa shape index (κ2) is 43.0. The van der Waals surface area contributed by atoms with Crippen LogP contribution in [0.4, 0.5) is 4.79 Å². The van der Waals surface area contributed by atoms with Gasteiger partial charge in [-0.05, 0) is 84.1 Å². The third-order valence-electron chi connectivity index (χ3n) is 12.2. The van der Waals surface area contributed by atoms with E-state index in [-0.39, 0.29) is 18.0 Å². The molecule has 0 aromatic rings. The van der Waals surface area contributed by atoms with Crippen LogP contribution in [0.3, 0.4) is 0 Å². The lowest BCUT2D eigenvalue weighted by molar-refractivity contribution is -0.151. The Morgan fingerprint density at radius 2 is 0.952 bits per heavy atom. The summed E-state index contributed by atoms with van der Waals surface area (Å²) in [6, 6.07) is -0.329. The quantitative estimate of drug-likeness (QED) is 0.0366. The number of carbonyl (C=O) groups is 3. The highest BCUT2D eigenvalue weighted by Gasteiger charge is 2.27. The lowest BCUT2D eigenvalue weighted by Gasteiger charge is -2.30. The predicted molar refractivity (Wildman–Crippen MR) is 261 cm³/mol. The molecule has 1 N–H and O–H groups in total. The standard InChI is InChI=1S/C53H104N2O7/c1-9-14-19-24-32-47(33-25-20-15-10-2)36-30-43-60-50(56)39-28-23-29-41-55(42-46-59-45-40-54-52(58)62-53(6,7)8)49(38-18-13-5)51(57)61-44-31-37-48(34-26-21-16-11-3)35-27-22-17-12-4/h47-49H,9-46H2,1-8H3,(H,54,58). The highest BCUT2D eigenvalue weighted by Crippen LogP contribution is 2.25. The molecule has 62 heavy (non-hydrogen) atoms. The first-order chi connectivity index (χ1) is 30.0. The molecular weight excluding hydrogens is 777 g/mol. The minimum Gasteiger partial charge on any atom is -0.466 e. The number of ether oxygens (including phenoxy) is 4. The molecule has 0 bridgehead atoms. The van der Waals surface area contributed by atoms with Crippen LogP contribution in [0.15, 0.2) is 0 Å². The summed E-state index contributed by atoms with van der Waals surface area (Å²) < 4.78 is 23.1. The molecule has 0 aromatic heterocycles. The molecular formula is C53H104N2O7. The van der Waals surface area contributed by atoms with E-state index < -0.39 is 11.7 Å². The minimum atomic E-state index is -0.553. The van der Waals surface area contributed by atoms with E-state index in [4.69, 9.17) is 18.9 Å². The van der Waals surface area contributed by atoms with E-state index in [0.29, 0.717) is 45.9 Å². The number of hydrogen-bond acceptors (Lipinski definition) is 8. The summed E-state index contributed by atoms with van der Waals surface area (Å²) in [5, 5.41) is 2.75. The molecule has 0 aromatic carbocycles. The van der Waals surface area contributed by atoms with Crippen LogP contribution in [-0.4, -0.2) is 80.6 Å². The molecule has 1 atom stereocenters. The molecule has 0 spiro atoms. The molecule has 0 saturated carbocycles. The van der Waals surface area contributed by atoms with Gasteiger partial charge in [0.2, 0.25) is 0 Å². The lowest BCUT2D eigenvalue weighted by Crippen LogP contribution is -2.44. The molecule has 0 fully saturated rings. The van der Waals surface area contributed by atoms with E-state index in [0.717, 1.165) is 82.6 Å². The van der Waals surface area contributed by atoms with E-state index >= 15 is 0 Å². The maximum absolute atomic E-state index is 13.8. The molecule has 1 amide bonds. The number of esters is 2. The largest absolute Gasteiger partial charge is 0.466 e. The number of carbonyl (C=O) groups excluding carboxylic acids is 3. The van der Waals surface area contributed by atoms with Gasteiger partial charge in [0.15, 0.2) is 0 Å². The Morgan fingerprint density at radius 3 is 1.44 bits per heavy atom. The SMILES string of the molecule is CCCCCCC(CCCCCC)CCCOC(=O)CCCCCN(CCOCCNC(=O)OC(C)(C)C)C(CCCC)C(=O)OCCCC(CCCCCC)CCCCCC. The number of unbranched alkanes of at least 4 members (excludes halogenated alkanes) is 15. The zero-order chi connectivity index (χ0) is 45.9. The Bertz CT molecular complexity index is 994. The average molecular weight is 881 g/mol. The highest BCUT2D eigenvalue weighted by atomic mass is 16.6. The van der Waals surface area contributed by atoms with Gasteiger partial charge < -0.3 is 24.3 Å². The van der Waals surface area contributed by atoms with Gasteiger partial charge in [-0.15, -0.1) is 0 Å². The first-order valence-electron chi connectivity index (χ1n) is 26.6. The molecule has 1 unspecified atom stereocenters. The zero-order valence-corrected chi connectivity index (χ0v) is 42.4. The Morgan fingerprint density at radius 1 is 0.484 bits per heavy atom. The average Bonchev–Trinajstić information content (AvgIpc) is 3.23. The van der Waals surface area contributed by atoms with Crippen LogP contribution < -0.4 is 5.32 Å². The van der Waals surface area contributed by atoms with E-state index in [1.165, 1.54) is 128 Å². The van der Waals surface area contributed by atoms with Gasteiger partial charge in [0.05, 0.1) is 26.4 Å². The van der Waals surface area contributed by atoms with Gasteiger partial charge in [-0.25, -0.2) is 4.79 Å². The fourth-order valence-corrected chi connectivity index (χ4v) is 8.43. The van der Waals surface area contributed by atoms with Crippen LogP contribution in [0.1, 0.15) is 254 Å². The van der Waals surface area contributed by atoms with Crippen molar-refractivity contribution in [2.45, 2.75) is 266 Å².